The van der Waals surface area contributed by atoms with E-state index in [1.807, 2.05) is 50.2 Å². The second kappa shape index (κ2) is 6.24. The third-order valence-electron chi connectivity index (χ3n) is 3.02. The summed E-state index contributed by atoms with van der Waals surface area (Å²) in [5.74, 6) is 0.0182. The summed E-state index contributed by atoms with van der Waals surface area (Å²) >= 11 is 0. The van der Waals surface area contributed by atoms with Crippen molar-refractivity contribution in [1.82, 2.24) is 0 Å². The normalized spacial score (nSPS) is 10.4. The quantitative estimate of drug-likeness (QED) is 0.866. The van der Waals surface area contributed by atoms with E-state index in [0.29, 0.717) is 0 Å². The van der Waals surface area contributed by atoms with Gasteiger partial charge in [0.2, 0.25) is 5.91 Å². The maximum Gasteiger partial charge on any atom is 0.226 e. The third kappa shape index (κ3) is 3.85. The minimum absolute atomic E-state index is 0.0136. The standard InChI is InChI=1S/C17H20N2O/c1-12(2)17(20)19-16-10-8-15(9-11-16)18-14-6-4-13(3)5-7-14/h4-12,18H,1-3H3,(H,19,20). The molecule has 2 aromatic rings. The van der Waals surface area contributed by atoms with E-state index >= 15 is 0 Å². The highest BCUT2D eigenvalue weighted by molar-refractivity contribution is 5.92. The molecule has 0 radical (unpaired) electrons. The molecule has 0 saturated heterocycles. The van der Waals surface area contributed by atoms with Gasteiger partial charge in [0.15, 0.2) is 0 Å². The zero-order valence-corrected chi connectivity index (χ0v) is 12.1. The Balaban J connectivity index is 2.01. The number of hydrogen-bond donors (Lipinski definition) is 2. The fourth-order valence-electron chi connectivity index (χ4n) is 1.73. The van der Waals surface area contributed by atoms with Gasteiger partial charge >= 0.3 is 0 Å². The lowest BCUT2D eigenvalue weighted by Gasteiger charge is -2.10. The fraction of sp³-hybridized carbons (Fsp3) is 0.235. The van der Waals surface area contributed by atoms with Crippen LogP contribution in [0.2, 0.25) is 0 Å². The van der Waals surface area contributed by atoms with Gasteiger partial charge in [0.25, 0.3) is 0 Å². The van der Waals surface area contributed by atoms with Crippen LogP contribution >= 0.6 is 0 Å². The molecule has 0 aliphatic rings. The van der Waals surface area contributed by atoms with Gasteiger partial charge < -0.3 is 10.6 Å². The number of benzene rings is 2. The molecule has 2 rings (SSSR count). The second-order valence-electron chi connectivity index (χ2n) is 5.21. The summed E-state index contributed by atoms with van der Waals surface area (Å²) in [6.07, 6.45) is 0. The average Bonchev–Trinajstić information content (AvgIpc) is 2.43. The largest absolute Gasteiger partial charge is 0.356 e. The molecule has 3 heteroatoms. The predicted octanol–water partition coefficient (Wildman–Crippen LogP) is 4.33. The van der Waals surface area contributed by atoms with Crippen LogP contribution in [0.5, 0.6) is 0 Å². The molecule has 0 aliphatic carbocycles. The molecular formula is C17H20N2O. The van der Waals surface area contributed by atoms with Crippen molar-refractivity contribution < 1.29 is 4.79 Å². The summed E-state index contributed by atoms with van der Waals surface area (Å²) in [4.78, 5) is 11.6. The number of aryl methyl sites for hydroxylation is 1. The van der Waals surface area contributed by atoms with Crippen molar-refractivity contribution in [2.75, 3.05) is 10.6 Å². The first-order chi connectivity index (χ1) is 9.54. The smallest absolute Gasteiger partial charge is 0.226 e. The fourth-order valence-corrected chi connectivity index (χ4v) is 1.73. The van der Waals surface area contributed by atoms with Gasteiger partial charge in [-0.2, -0.15) is 0 Å². The number of anilines is 3. The molecule has 0 unspecified atom stereocenters. The Hall–Kier alpha value is -2.29. The van der Waals surface area contributed by atoms with E-state index in [0.717, 1.165) is 17.1 Å². The molecule has 3 nitrogen and oxygen atoms in total. The molecule has 0 heterocycles. The lowest BCUT2D eigenvalue weighted by Crippen LogP contribution is -2.17. The number of hydrogen-bond acceptors (Lipinski definition) is 2. The molecule has 0 spiro atoms. The molecule has 1 amide bonds. The Morgan fingerprint density at radius 2 is 1.30 bits per heavy atom. The van der Waals surface area contributed by atoms with Crippen molar-refractivity contribution in [3.05, 3.63) is 54.1 Å². The van der Waals surface area contributed by atoms with Crippen LogP contribution in [0.4, 0.5) is 17.1 Å². The third-order valence-corrected chi connectivity index (χ3v) is 3.02. The van der Waals surface area contributed by atoms with Crippen LogP contribution in [-0.4, -0.2) is 5.91 Å². The summed E-state index contributed by atoms with van der Waals surface area (Å²) in [6.45, 7) is 5.82. The van der Waals surface area contributed by atoms with Gasteiger partial charge in [-0.05, 0) is 43.3 Å². The maximum absolute atomic E-state index is 11.6. The van der Waals surface area contributed by atoms with Crippen molar-refractivity contribution in [2.24, 2.45) is 5.92 Å². The van der Waals surface area contributed by atoms with Crippen LogP contribution in [0.25, 0.3) is 0 Å². The Labute approximate surface area is 120 Å². The number of rotatable bonds is 4. The molecule has 2 N–H and O–H groups in total. The minimum atomic E-state index is -0.0136. The lowest BCUT2D eigenvalue weighted by molar-refractivity contribution is -0.118. The van der Waals surface area contributed by atoms with Crippen LogP contribution in [0.15, 0.2) is 48.5 Å². The second-order valence-corrected chi connectivity index (χ2v) is 5.21. The predicted molar refractivity (Wildman–Crippen MR) is 84.4 cm³/mol. The summed E-state index contributed by atoms with van der Waals surface area (Å²) in [5.41, 5.74) is 4.10. The summed E-state index contributed by atoms with van der Waals surface area (Å²) in [7, 11) is 0. The number of nitrogens with one attached hydrogen (secondary N) is 2. The van der Waals surface area contributed by atoms with Crippen LogP contribution < -0.4 is 10.6 Å². The van der Waals surface area contributed by atoms with E-state index < -0.39 is 0 Å². The first-order valence-electron chi connectivity index (χ1n) is 6.79. The van der Waals surface area contributed by atoms with Gasteiger partial charge in [0.1, 0.15) is 0 Å². The van der Waals surface area contributed by atoms with E-state index in [9.17, 15) is 4.79 Å². The van der Waals surface area contributed by atoms with Crippen molar-refractivity contribution in [3.8, 4) is 0 Å². The van der Waals surface area contributed by atoms with Crippen molar-refractivity contribution in [3.63, 3.8) is 0 Å². The van der Waals surface area contributed by atoms with E-state index in [2.05, 4.69) is 29.7 Å². The number of carbonyl (C=O) groups is 1. The van der Waals surface area contributed by atoms with Crippen LogP contribution in [0.3, 0.4) is 0 Å². The Kier molecular flexibility index (Phi) is 4.41. The first kappa shape index (κ1) is 14.1. The molecule has 0 saturated carbocycles. The first-order valence-corrected chi connectivity index (χ1v) is 6.79. The Bertz CT molecular complexity index is 571. The molecule has 0 bridgehead atoms. The van der Waals surface area contributed by atoms with Crippen LogP contribution in [0, 0.1) is 12.8 Å². The van der Waals surface area contributed by atoms with Gasteiger partial charge in [-0.1, -0.05) is 31.5 Å². The summed E-state index contributed by atoms with van der Waals surface area (Å²) in [6, 6.07) is 15.9. The average molecular weight is 268 g/mol. The van der Waals surface area contributed by atoms with Crippen LogP contribution in [-0.2, 0) is 4.79 Å². The summed E-state index contributed by atoms with van der Waals surface area (Å²) in [5, 5.41) is 6.19. The lowest BCUT2D eigenvalue weighted by atomic mass is 10.2. The van der Waals surface area contributed by atoms with Crippen LogP contribution in [0.1, 0.15) is 19.4 Å². The van der Waals surface area contributed by atoms with E-state index in [1.165, 1.54) is 5.56 Å². The summed E-state index contributed by atoms with van der Waals surface area (Å²) < 4.78 is 0. The van der Waals surface area contributed by atoms with Gasteiger partial charge in [-0.3, -0.25) is 4.79 Å². The molecule has 0 aromatic heterocycles. The number of amides is 1. The van der Waals surface area contributed by atoms with E-state index in [4.69, 9.17) is 0 Å². The van der Waals surface area contributed by atoms with Crippen molar-refractivity contribution in [2.45, 2.75) is 20.8 Å². The molecule has 0 atom stereocenters. The molecule has 0 fully saturated rings. The highest BCUT2D eigenvalue weighted by Crippen LogP contribution is 2.19. The molecule has 0 aliphatic heterocycles. The van der Waals surface area contributed by atoms with E-state index in [-0.39, 0.29) is 11.8 Å². The minimum Gasteiger partial charge on any atom is -0.356 e. The Morgan fingerprint density at radius 1 is 0.850 bits per heavy atom. The maximum atomic E-state index is 11.6. The monoisotopic (exact) mass is 268 g/mol. The van der Waals surface area contributed by atoms with Gasteiger partial charge in [-0.15, -0.1) is 0 Å². The van der Waals surface area contributed by atoms with Crippen molar-refractivity contribution >= 4 is 23.0 Å². The topological polar surface area (TPSA) is 41.1 Å². The molecule has 104 valence electrons. The zero-order valence-electron chi connectivity index (χ0n) is 12.1. The zero-order chi connectivity index (χ0) is 14.5. The van der Waals surface area contributed by atoms with E-state index in [1.54, 1.807) is 0 Å². The molecule has 2 aromatic carbocycles. The SMILES string of the molecule is Cc1ccc(Nc2ccc(NC(=O)C(C)C)cc2)cc1. The van der Waals surface area contributed by atoms with Gasteiger partial charge in [0.05, 0.1) is 0 Å². The number of carbonyl (C=O) groups excluding carboxylic acids is 1. The highest BCUT2D eigenvalue weighted by atomic mass is 16.1. The molecular weight excluding hydrogens is 248 g/mol. The Morgan fingerprint density at radius 3 is 1.80 bits per heavy atom. The molecule has 20 heavy (non-hydrogen) atoms. The van der Waals surface area contributed by atoms with Gasteiger partial charge in [0, 0.05) is 23.0 Å². The van der Waals surface area contributed by atoms with Crippen molar-refractivity contribution in [1.29, 1.82) is 0 Å². The van der Waals surface area contributed by atoms with Gasteiger partial charge in [-0.25, -0.2) is 0 Å². The highest BCUT2D eigenvalue weighted by Gasteiger charge is 2.06.